The molecule has 0 heterocycles. The van der Waals surface area contributed by atoms with Crippen molar-refractivity contribution in [3.05, 3.63) is 35.6 Å². The minimum atomic E-state index is -4.77. The van der Waals surface area contributed by atoms with Crippen LogP contribution in [0.5, 0.6) is 0 Å². The molecule has 0 aliphatic heterocycles. The number of carbonyl (C=O) groups excluding carboxylic acids is 1. The second-order valence-electron chi connectivity index (χ2n) is 2.94. The molecule has 1 aromatic carbocycles. The Hall–Kier alpha value is -1.79. The normalized spacial score (nSPS) is 11.0. The number of nitrogens with one attached hydrogen (secondary N) is 2. The lowest BCUT2D eigenvalue weighted by Crippen LogP contribution is -2.43. The SMILES string of the molecule is O=C(NCc1cccc(F)c1)NC(F)(F)F. The van der Waals surface area contributed by atoms with Crippen molar-refractivity contribution in [1.82, 2.24) is 10.6 Å². The maximum Gasteiger partial charge on any atom is 0.485 e. The molecule has 2 amide bonds. The standard InChI is InChI=1S/C9H8F4N2O/c10-7-3-1-2-6(4-7)5-14-8(16)15-9(11,12)13/h1-4H,5H2,(H2,14,15,16). The number of benzene rings is 1. The maximum absolute atomic E-state index is 12.7. The van der Waals surface area contributed by atoms with Gasteiger partial charge in [-0.25, -0.2) is 14.5 Å². The largest absolute Gasteiger partial charge is 0.485 e. The van der Waals surface area contributed by atoms with E-state index in [1.54, 1.807) is 0 Å². The monoisotopic (exact) mass is 236 g/mol. The molecular formula is C9H8F4N2O. The quantitative estimate of drug-likeness (QED) is 0.599. The van der Waals surface area contributed by atoms with Crippen LogP contribution in [0, 0.1) is 5.82 Å². The molecule has 0 saturated heterocycles. The minimum Gasteiger partial charge on any atom is -0.334 e. The summed E-state index contributed by atoms with van der Waals surface area (Å²) in [6.45, 7) is -0.181. The van der Waals surface area contributed by atoms with Crippen molar-refractivity contribution in [2.24, 2.45) is 0 Å². The van der Waals surface area contributed by atoms with Gasteiger partial charge in [-0.1, -0.05) is 12.1 Å². The van der Waals surface area contributed by atoms with Crippen LogP contribution in [0.1, 0.15) is 5.56 Å². The summed E-state index contributed by atoms with van der Waals surface area (Å²) in [7, 11) is 0. The molecule has 16 heavy (non-hydrogen) atoms. The Labute approximate surface area is 88.4 Å². The molecule has 3 nitrogen and oxygen atoms in total. The van der Waals surface area contributed by atoms with Crippen molar-refractivity contribution in [3.63, 3.8) is 0 Å². The van der Waals surface area contributed by atoms with Gasteiger partial charge in [0, 0.05) is 6.54 Å². The lowest BCUT2D eigenvalue weighted by molar-refractivity contribution is -0.145. The number of urea groups is 1. The van der Waals surface area contributed by atoms with Gasteiger partial charge in [-0.05, 0) is 17.7 Å². The average Bonchev–Trinajstić information content (AvgIpc) is 2.12. The van der Waals surface area contributed by atoms with Gasteiger partial charge in [0.25, 0.3) is 0 Å². The molecule has 0 bridgehead atoms. The Balaban J connectivity index is 2.43. The Bertz CT molecular complexity index is 378. The van der Waals surface area contributed by atoms with Crippen LogP contribution in [0.2, 0.25) is 0 Å². The van der Waals surface area contributed by atoms with E-state index < -0.39 is 18.1 Å². The third-order valence-corrected chi connectivity index (χ3v) is 1.60. The first-order valence-corrected chi connectivity index (χ1v) is 4.24. The number of halogens is 4. The van der Waals surface area contributed by atoms with E-state index in [9.17, 15) is 22.4 Å². The van der Waals surface area contributed by atoms with Crippen LogP contribution in [0.15, 0.2) is 24.3 Å². The summed E-state index contributed by atoms with van der Waals surface area (Å²) < 4.78 is 47.6. The van der Waals surface area contributed by atoms with Crippen LogP contribution in [0.3, 0.4) is 0 Å². The highest BCUT2D eigenvalue weighted by molar-refractivity contribution is 5.74. The summed E-state index contributed by atoms with van der Waals surface area (Å²) in [5, 5.41) is 2.71. The molecule has 88 valence electrons. The van der Waals surface area contributed by atoms with E-state index in [4.69, 9.17) is 0 Å². The van der Waals surface area contributed by atoms with Gasteiger partial charge >= 0.3 is 12.3 Å². The van der Waals surface area contributed by atoms with Crippen molar-refractivity contribution in [1.29, 1.82) is 0 Å². The van der Waals surface area contributed by atoms with Crippen molar-refractivity contribution < 1.29 is 22.4 Å². The third-order valence-electron chi connectivity index (χ3n) is 1.60. The molecule has 0 saturated carbocycles. The fraction of sp³-hybridized carbons (Fsp3) is 0.222. The number of carbonyl (C=O) groups is 1. The molecular weight excluding hydrogens is 228 g/mol. The zero-order chi connectivity index (χ0) is 12.2. The number of alkyl halides is 3. The van der Waals surface area contributed by atoms with E-state index >= 15 is 0 Å². The predicted octanol–water partition coefficient (Wildman–Crippen LogP) is 2.14. The van der Waals surface area contributed by atoms with E-state index in [1.807, 2.05) is 5.32 Å². The van der Waals surface area contributed by atoms with E-state index in [0.717, 1.165) is 11.4 Å². The van der Waals surface area contributed by atoms with Crippen molar-refractivity contribution >= 4 is 6.03 Å². The van der Waals surface area contributed by atoms with Crippen molar-refractivity contribution in [3.8, 4) is 0 Å². The van der Waals surface area contributed by atoms with Gasteiger partial charge in [0.2, 0.25) is 0 Å². The summed E-state index contributed by atoms with van der Waals surface area (Å²) in [6, 6.07) is 3.81. The second-order valence-corrected chi connectivity index (χ2v) is 2.94. The van der Waals surface area contributed by atoms with Crippen LogP contribution in [-0.2, 0) is 6.54 Å². The van der Waals surface area contributed by atoms with Gasteiger partial charge in [0.05, 0.1) is 0 Å². The number of hydrogen-bond donors (Lipinski definition) is 2. The summed E-state index contributed by atoms with van der Waals surface area (Å²) in [5.41, 5.74) is 0.373. The van der Waals surface area contributed by atoms with Crippen LogP contribution in [0.4, 0.5) is 22.4 Å². The zero-order valence-corrected chi connectivity index (χ0v) is 7.94. The van der Waals surface area contributed by atoms with Gasteiger partial charge < -0.3 is 5.32 Å². The maximum atomic E-state index is 12.7. The first-order chi connectivity index (χ1) is 7.37. The molecule has 0 atom stereocenters. The number of hydrogen-bond acceptors (Lipinski definition) is 1. The molecule has 0 fully saturated rings. The van der Waals surface area contributed by atoms with Gasteiger partial charge in [-0.2, -0.15) is 13.2 Å². The molecule has 0 spiro atoms. The zero-order valence-electron chi connectivity index (χ0n) is 7.94. The first kappa shape index (κ1) is 12.3. The van der Waals surface area contributed by atoms with E-state index in [2.05, 4.69) is 0 Å². The van der Waals surface area contributed by atoms with Crippen LogP contribution < -0.4 is 10.6 Å². The smallest absolute Gasteiger partial charge is 0.334 e. The van der Waals surface area contributed by atoms with Gasteiger partial charge in [-0.3, -0.25) is 0 Å². The number of rotatable bonds is 2. The number of amides is 2. The highest BCUT2D eigenvalue weighted by atomic mass is 19.4. The molecule has 2 N–H and O–H groups in total. The van der Waals surface area contributed by atoms with Crippen LogP contribution in [0.25, 0.3) is 0 Å². The van der Waals surface area contributed by atoms with E-state index in [1.165, 1.54) is 18.2 Å². The topological polar surface area (TPSA) is 41.1 Å². The molecule has 0 aliphatic carbocycles. The molecule has 0 aliphatic rings. The average molecular weight is 236 g/mol. The minimum absolute atomic E-state index is 0.181. The molecule has 0 unspecified atom stereocenters. The van der Waals surface area contributed by atoms with Crippen molar-refractivity contribution in [2.45, 2.75) is 12.8 Å². The second kappa shape index (κ2) is 4.82. The molecule has 0 radical (unpaired) electrons. The molecule has 1 rings (SSSR count). The lowest BCUT2D eigenvalue weighted by atomic mass is 10.2. The lowest BCUT2D eigenvalue weighted by Gasteiger charge is -2.09. The van der Waals surface area contributed by atoms with Gasteiger partial charge in [0.1, 0.15) is 5.82 Å². The summed E-state index contributed by atoms with van der Waals surface area (Å²) in [4.78, 5) is 10.7. The summed E-state index contributed by atoms with van der Waals surface area (Å²) >= 11 is 0. The molecule has 7 heteroatoms. The van der Waals surface area contributed by atoms with E-state index in [-0.39, 0.29) is 6.54 Å². The Kier molecular flexibility index (Phi) is 3.70. The van der Waals surface area contributed by atoms with Crippen LogP contribution >= 0.6 is 0 Å². The fourth-order valence-electron chi connectivity index (χ4n) is 1.00. The first-order valence-electron chi connectivity index (χ1n) is 4.24. The summed E-state index contributed by atoms with van der Waals surface area (Å²) in [6.07, 6.45) is -4.77. The summed E-state index contributed by atoms with van der Waals surface area (Å²) in [5.74, 6) is -0.518. The van der Waals surface area contributed by atoms with Crippen molar-refractivity contribution in [2.75, 3.05) is 0 Å². The predicted molar refractivity (Wildman–Crippen MR) is 47.8 cm³/mol. The Morgan fingerprint density at radius 3 is 2.56 bits per heavy atom. The Morgan fingerprint density at radius 1 is 1.31 bits per heavy atom. The molecule has 0 aromatic heterocycles. The van der Waals surface area contributed by atoms with E-state index in [0.29, 0.717) is 5.56 Å². The fourth-order valence-corrected chi connectivity index (χ4v) is 1.00. The third kappa shape index (κ3) is 4.63. The van der Waals surface area contributed by atoms with Gasteiger partial charge in [-0.15, -0.1) is 0 Å². The Morgan fingerprint density at radius 2 is 2.00 bits per heavy atom. The highest BCUT2D eigenvalue weighted by Crippen LogP contribution is 2.09. The van der Waals surface area contributed by atoms with Crippen LogP contribution in [-0.4, -0.2) is 12.3 Å². The molecule has 1 aromatic rings. The van der Waals surface area contributed by atoms with Gasteiger partial charge in [0.15, 0.2) is 0 Å². The highest BCUT2D eigenvalue weighted by Gasteiger charge is 2.29.